The first kappa shape index (κ1) is 23.2. The second-order valence-electron chi connectivity index (χ2n) is 8.37. The molecule has 2 heteroatoms. The van der Waals surface area contributed by atoms with Crippen molar-refractivity contribution >= 4 is 0 Å². The molecule has 0 amide bonds. The molecule has 1 aromatic rings. The van der Waals surface area contributed by atoms with Gasteiger partial charge in [-0.1, -0.05) is 104 Å². The van der Waals surface area contributed by atoms with Gasteiger partial charge in [-0.3, -0.25) is 0 Å². The number of unbranched alkanes of at least 4 members (excludes halogenated alkanes) is 12. The van der Waals surface area contributed by atoms with E-state index < -0.39 is 0 Å². The average Bonchev–Trinajstić information content (AvgIpc) is 2.99. The SMILES string of the molecule is CCCCCCCCCCCCCCCC(C)c1nc(C)cn1CCC. The summed E-state index contributed by atoms with van der Waals surface area (Å²) < 4.78 is 2.38. The molecule has 0 aliphatic rings. The second kappa shape index (κ2) is 15.3. The standard InChI is InChI=1S/C24H46N2/c1-5-7-8-9-10-11-12-13-14-15-16-17-18-19-22(3)24-25-23(4)21-26(24)20-6-2/h21-22H,5-20H2,1-4H3. The quantitative estimate of drug-likeness (QED) is 0.255. The van der Waals surface area contributed by atoms with Crippen molar-refractivity contribution in [3.8, 4) is 0 Å². The van der Waals surface area contributed by atoms with Gasteiger partial charge in [0, 0.05) is 18.7 Å². The normalized spacial score (nSPS) is 12.6. The number of nitrogens with zero attached hydrogens (tertiary/aromatic N) is 2. The van der Waals surface area contributed by atoms with Gasteiger partial charge in [0.1, 0.15) is 5.82 Å². The largest absolute Gasteiger partial charge is 0.334 e. The highest BCUT2D eigenvalue weighted by molar-refractivity contribution is 5.06. The second-order valence-corrected chi connectivity index (χ2v) is 8.37. The maximum Gasteiger partial charge on any atom is 0.111 e. The third-order valence-corrected chi connectivity index (χ3v) is 5.57. The van der Waals surface area contributed by atoms with Crippen molar-refractivity contribution in [1.82, 2.24) is 9.55 Å². The fourth-order valence-corrected chi connectivity index (χ4v) is 3.98. The molecule has 152 valence electrons. The number of aryl methyl sites for hydroxylation is 2. The number of hydrogen-bond donors (Lipinski definition) is 0. The molecular formula is C24H46N2. The number of imidazole rings is 1. The fraction of sp³-hybridized carbons (Fsp3) is 0.875. The predicted octanol–water partition coefficient (Wildman–Crippen LogP) is 8.19. The predicted molar refractivity (Wildman–Crippen MR) is 116 cm³/mol. The van der Waals surface area contributed by atoms with Crippen LogP contribution in [-0.2, 0) is 6.54 Å². The minimum Gasteiger partial charge on any atom is -0.334 e. The maximum absolute atomic E-state index is 4.77. The topological polar surface area (TPSA) is 17.8 Å². The van der Waals surface area contributed by atoms with Gasteiger partial charge in [-0.25, -0.2) is 4.98 Å². The maximum atomic E-state index is 4.77. The Morgan fingerprint density at radius 3 is 1.77 bits per heavy atom. The van der Waals surface area contributed by atoms with Crippen LogP contribution in [0.1, 0.15) is 135 Å². The van der Waals surface area contributed by atoms with Gasteiger partial charge in [0.25, 0.3) is 0 Å². The molecule has 1 rings (SSSR count). The molecule has 1 unspecified atom stereocenters. The van der Waals surface area contributed by atoms with Crippen LogP contribution in [0.2, 0.25) is 0 Å². The van der Waals surface area contributed by atoms with Crippen molar-refractivity contribution in [2.24, 2.45) is 0 Å². The van der Waals surface area contributed by atoms with Gasteiger partial charge in [-0.2, -0.15) is 0 Å². The van der Waals surface area contributed by atoms with Crippen LogP contribution in [0.4, 0.5) is 0 Å². The van der Waals surface area contributed by atoms with Crippen molar-refractivity contribution in [3.05, 3.63) is 17.7 Å². The van der Waals surface area contributed by atoms with E-state index in [0.717, 1.165) is 6.54 Å². The van der Waals surface area contributed by atoms with Crippen LogP contribution < -0.4 is 0 Å². The monoisotopic (exact) mass is 362 g/mol. The van der Waals surface area contributed by atoms with E-state index in [1.54, 1.807) is 0 Å². The average molecular weight is 363 g/mol. The van der Waals surface area contributed by atoms with Crippen molar-refractivity contribution in [3.63, 3.8) is 0 Å². The molecule has 0 fully saturated rings. The van der Waals surface area contributed by atoms with Gasteiger partial charge >= 0.3 is 0 Å². The number of aromatic nitrogens is 2. The molecule has 1 atom stereocenters. The van der Waals surface area contributed by atoms with Crippen molar-refractivity contribution in [1.29, 1.82) is 0 Å². The lowest BCUT2D eigenvalue weighted by molar-refractivity contribution is 0.509. The van der Waals surface area contributed by atoms with Crippen molar-refractivity contribution < 1.29 is 0 Å². The zero-order chi connectivity index (χ0) is 19.0. The first-order chi connectivity index (χ1) is 12.7. The molecule has 0 saturated heterocycles. The van der Waals surface area contributed by atoms with Crippen LogP contribution in [0.15, 0.2) is 6.20 Å². The summed E-state index contributed by atoms with van der Waals surface area (Å²) in [6, 6.07) is 0. The molecule has 0 aliphatic carbocycles. The molecular weight excluding hydrogens is 316 g/mol. The van der Waals surface area contributed by atoms with Crippen LogP contribution in [0.5, 0.6) is 0 Å². The van der Waals surface area contributed by atoms with E-state index in [9.17, 15) is 0 Å². The third-order valence-electron chi connectivity index (χ3n) is 5.57. The Bertz CT molecular complexity index is 435. The van der Waals surface area contributed by atoms with Gasteiger partial charge in [-0.15, -0.1) is 0 Å². The van der Waals surface area contributed by atoms with Gasteiger partial charge in [0.2, 0.25) is 0 Å². The summed E-state index contributed by atoms with van der Waals surface area (Å²) in [6.07, 6.45) is 23.3. The summed E-state index contributed by atoms with van der Waals surface area (Å²) in [4.78, 5) is 4.77. The van der Waals surface area contributed by atoms with E-state index in [2.05, 4.69) is 38.5 Å². The molecule has 0 radical (unpaired) electrons. The molecule has 0 aromatic carbocycles. The lowest BCUT2D eigenvalue weighted by Crippen LogP contribution is -2.06. The fourth-order valence-electron chi connectivity index (χ4n) is 3.98. The van der Waals surface area contributed by atoms with Gasteiger partial charge in [0.05, 0.1) is 5.69 Å². The van der Waals surface area contributed by atoms with Crippen LogP contribution in [-0.4, -0.2) is 9.55 Å². The third kappa shape index (κ3) is 10.4. The number of hydrogen-bond acceptors (Lipinski definition) is 1. The van der Waals surface area contributed by atoms with Gasteiger partial charge in [-0.05, 0) is 19.8 Å². The molecule has 1 heterocycles. The summed E-state index contributed by atoms with van der Waals surface area (Å²) in [5, 5.41) is 0. The first-order valence-electron chi connectivity index (χ1n) is 11.7. The molecule has 1 aromatic heterocycles. The Kier molecular flexibility index (Phi) is 13.7. The molecule has 0 N–H and O–H groups in total. The smallest absolute Gasteiger partial charge is 0.111 e. The van der Waals surface area contributed by atoms with E-state index in [1.165, 1.54) is 108 Å². The van der Waals surface area contributed by atoms with E-state index in [4.69, 9.17) is 4.98 Å². The lowest BCUT2D eigenvalue weighted by Gasteiger charge is -2.13. The molecule has 26 heavy (non-hydrogen) atoms. The van der Waals surface area contributed by atoms with Crippen molar-refractivity contribution in [2.45, 2.75) is 136 Å². The van der Waals surface area contributed by atoms with E-state index in [-0.39, 0.29) is 0 Å². The molecule has 0 saturated carbocycles. The van der Waals surface area contributed by atoms with Crippen LogP contribution >= 0.6 is 0 Å². The first-order valence-corrected chi connectivity index (χ1v) is 11.7. The summed E-state index contributed by atoms with van der Waals surface area (Å²) in [6.45, 7) is 10.1. The Balaban J connectivity index is 1.97. The highest BCUT2D eigenvalue weighted by atomic mass is 15.1. The molecule has 0 aliphatic heterocycles. The van der Waals surface area contributed by atoms with Crippen LogP contribution in [0.25, 0.3) is 0 Å². The van der Waals surface area contributed by atoms with E-state index in [0.29, 0.717) is 5.92 Å². The lowest BCUT2D eigenvalue weighted by atomic mass is 10.0. The number of rotatable bonds is 17. The summed E-state index contributed by atoms with van der Waals surface area (Å²) in [7, 11) is 0. The minimum atomic E-state index is 0.600. The van der Waals surface area contributed by atoms with Gasteiger partial charge in [0.15, 0.2) is 0 Å². The Hall–Kier alpha value is -0.790. The molecule has 2 nitrogen and oxygen atoms in total. The van der Waals surface area contributed by atoms with Gasteiger partial charge < -0.3 is 4.57 Å². The van der Waals surface area contributed by atoms with Crippen molar-refractivity contribution in [2.75, 3.05) is 0 Å². The molecule has 0 spiro atoms. The van der Waals surface area contributed by atoms with Crippen LogP contribution in [0.3, 0.4) is 0 Å². The van der Waals surface area contributed by atoms with E-state index >= 15 is 0 Å². The zero-order valence-electron chi connectivity index (χ0n) is 18.4. The highest BCUT2D eigenvalue weighted by Crippen LogP contribution is 2.22. The summed E-state index contributed by atoms with van der Waals surface area (Å²) in [5.74, 6) is 1.91. The molecule has 0 bridgehead atoms. The van der Waals surface area contributed by atoms with Crippen LogP contribution in [0, 0.1) is 6.92 Å². The zero-order valence-corrected chi connectivity index (χ0v) is 18.4. The van der Waals surface area contributed by atoms with E-state index in [1.807, 2.05) is 0 Å². The Morgan fingerprint density at radius 1 is 0.769 bits per heavy atom. The Labute approximate surface area is 164 Å². The summed E-state index contributed by atoms with van der Waals surface area (Å²) >= 11 is 0. The highest BCUT2D eigenvalue weighted by Gasteiger charge is 2.12. The Morgan fingerprint density at radius 2 is 1.27 bits per heavy atom. The summed E-state index contributed by atoms with van der Waals surface area (Å²) in [5.41, 5.74) is 1.17. The minimum absolute atomic E-state index is 0.600.